The summed E-state index contributed by atoms with van der Waals surface area (Å²) in [6.45, 7) is 2.15. The third-order valence-corrected chi connectivity index (χ3v) is 9.30. The number of carboxylic acid groups (broad SMARTS) is 1. The highest BCUT2D eigenvalue weighted by molar-refractivity contribution is 7.47. The van der Waals surface area contributed by atoms with Crippen molar-refractivity contribution in [1.82, 2.24) is 0 Å². The molecule has 0 aliphatic heterocycles. The number of aliphatic hydroxyl groups is 3. The van der Waals surface area contributed by atoms with Crippen LogP contribution in [0.1, 0.15) is 110 Å². The van der Waals surface area contributed by atoms with Gasteiger partial charge in [0.15, 0.2) is 6.10 Å². The molecule has 61 heavy (non-hydrogen) atoms. The first-order valence-electron chi connectivity index (χ1n) is 21.2. The summed E-state index contributed by atoms with van der Waals surface area (Å²) in [5.74, 6) is -2.85. The molecule has 0 aromatic heterocycles. The van der Waals surface area contributed by atoms with Crippen LogP contribution in [-0.2, 0) is 37.5 Å². The largest absolute Gasteiger partial charge is 0.480 e. The highest BCUT2D eigenvalue weighted by Crippen LogP contribution is 2.43. The number of hydrogen-bond acceptors (Lipinski definition) is 12. The molecule has 344 valence electrons. The molecule has 0 aromatic carbocycles. The molecule has 0 aromatic rings. The number of allylic oxidation sites excluding steroid dienone is 15. The minimum Gasteiger partial charge on any atom is -0.480 e. The molecule has 0 radical (unpaired) electrons. The first-order valence-corrected chi connectivity index (χ1v) is 22.7. The number of hydrogen-bond donors (Lipinski definition) is 6. The second-order valence-corrected chi connectivity index (χ2v) is 15.4. The van der Waals surface area contributed by atoms with Gasteiger partial charge in [-0.2, -0.15) is 0 Å². The number of esters is 2. The second-order valence-electron chi connectivity index (χ2n) is 14.0. The normalized spacial score (nSPS) is 16.3. The Morgan fingerprint density at radius 3 is 1.82 bits per heavy atom. The molecule has 14 nitrogen and oxygen atoms in total. The molecule has 1 unspecified atom stereocenters. The van der Waals surface area contributed by atoms with Crippen molar-refractivity contribution < 1.29 is 62.8 Å². The first kappa shape index (κ1) is 57.0. The Kier molecular flexibility index (Phi) is 36.4. The molecule has 0 aliphatic carbocycles. The lowest BCUT2D eigenvalue weighted by Crippen LogP contribution is -2.34. The van der Waals surface area contributed by atoms with E-state index in [9.17, 15) is 39.2 Å². The highest BCUT2D eigenvalue weighted by atomic mass is 31.2. The lowest BCUT2D eigenvalue weighted by molar-refractivity contribution is -0.161. The lowest BCUT2D eigenvalue weighted by Gasteiger charge is -2.20. The molecule has 0 amide bonds. The van der Waals surface area contributed by atoms with Crippen LogP contribution in [0.15, 0.2) is 109 Å². The quantitative estimate of drug-likeness (QED) is 0.0114. The minimum absolute atomic E-state index is 0.00412. The Balaban J connectivity index is 4.82. The van der Waals surface area contributed by atoms with Crippen LogP contribution in [0.4, 0.5) is 0 Å². The molecule has 0 spiro atoms. The fourth-order valence-electron chi connectivity index (χ4n) is 4.87. The second kappa shape index (κ2) is 38.9. The predicted octanol–water partition coefficient (Wildman–Crippen LogP) is 7.97. The van der Waals surface area contributed by atoms with Crippen molar-refractivity contribution in [1.29, 1.82) is 0 Å². The topological polar surface area (TPSA) is 232 Å². The molecule has 0 saturated heterocycles. The van der Waals surface area contributed by atoms with Gasteiger partial charge >= 0.3 is 25.7 Å². The van der Waals surface area contributed by atoms with Crippen LogP contribution in [0.2, 0.25) is 0 Å². The number of aliphatic carboxylic acids is 1. The van der Waals surface area contributed by atoms with Crippen molar-refractivity contribution in [3.8, 4) is 0 Å². The van der Waals surface area contributed by atoms with Crippen LogP contribution in [0, 0.1) is 0 Å². The van der Waals surface area contributed by atoms with Crippen LogP contribution in [0.25, 0.3) is 0 Å². The summed E-state index contributed by atoms with van der Waals surface area (Å²) < 4.78 is 32.4. The molecule has 6 atom stereocenters. The average molecular weight is 878 g/mol. The third-order valence-electron chi connectivity index (χ3n) is 8.35. The highest BCUT2D eigenvalue weighted by Gasteiger charge is 2.28. The third kappa shape index (κ3) is 37.5. The maximum atomic E-state index is 12.6. The summed E-state index contributed by atoms with van der Waals surface area (Å²) in [5.41, 5.74) is 5.30. The average Bonchev–Trinajstić information content (AvgIpc) is 3.22. The number of carboxylic acids is 1. The minimum atomic E-state index is -4.82. The van der Waals surface area contributed by atoms with E-state index >= 15 is 0 Å². The number of aliphatic hydroxyl groups excluding tert-OH is 3. The fourth-order valence-corrected chi connectivity index (χ4v) is 5.65. The molecule has 0 rings (SSSR count). The van der Waals surface area contributed by atoms with E-state index < -0.39 is 76.0 Å². The van der Waals surface area contributed by atoms with Gasteiger partial charge in [0.1, 0.15) is 12.6 Å². The summed E-state index contributed by atoms with van der Waals surface area (Å²) in [6.07, 6.45) is 39.7. The van der Waals surface area contributed by atoms with E-state index in [2.05, 4.69) is 47.9 Å². The Morgan fingerprint density at radius 1 is 0.656 bits per heavy atom. The molecule has 0 saturated carbocycles. The van der Waals surface area contributed by atoms with Crippen molar-refractivity contribution in [2.24, 2.45) is 5.73 Å². The maximum Gasteiger partial charge on any atom is 0.472 e. The van der Waals surface area contributed by atoms with Gasteiger partial charge in [-0.05, 0) is 70.6 Å². The van der Waals surface area contributed by atoms with Crippen molar-refractivity contribution in [3.63, 3.8) is 0 Å². The smallest absolute Gasteiger partial charge is 0.472 e. The molecule has 0 bridgehead atoms. The number of unbranched alkanes of at least 4 members (excludes halogenated alkanes) is 4. The summed E-state index contributed by atoms with van der Waals surface area (Å²) in [5, 5.41) is 39.3. The summed E-state index contributed by atoms with van der Waals surface area (Å²) >= 11 is 0. The number of phosphoric acid groups is 1. The van der Waals surface area contributed by atoms with Gasteiger partial charge in [-0.3, -0.25) is 23.4 Å². The van der Waals surface area contributed by atoms with Crippen molar-refractivity contribution >= 4 is 25.7 Å². The van der Waals surface area contributed by atoms with Gasteiger partial charge in [0.25, 0.3) is 0 Å². The molecule has 15 heteroatoms. The SMILES string of the molecule is CC/C=C\C[C@@H](O)/C=C/C=C/C=C\C=C/[C@H](O)[C@@H](O)CCCC(=O)OC[C@H](COP(=O)(O)OC[C@H](N)C(=O)O)OC(=O)CCC/C=C\C/C=C\C/C=C\C/C=C\CCCCC. The van der Waals surface area contributed by atoms with E-state index in [0.717, 1.165) is 32.1 Å². The zero-order valence-electron chi connectivity index (χ0n) is 36.0. The van der Waals surface area contributed by atoms with Crippen LogP contribution < -0.4 is 5.73 Å². The van der Waals surface area contributed by atoms with Gasteiger partial charge in [0, 0.05) is 12.8 Å². The molecular formula is C46H72NO13P. The number of carbonyl (C=O) groups is 3. The van der Waals surface area contributed by atoms with Crippen molar-refractivity contribution in [2.45, 2.75) is 141 Å². The number of ether oxygens (including phenoxy) is 2. The van der Waals surface area contributed by atoms with Gasteiger partial charge in [-0.25, -0.2) is 4.57 Å². The van der Waals surface area contributed by atoms with Crippen LogP contribution in [0.3, 0.4) is 0 Å². The Bertz CT molecular complexity index is 1500. The number of nitrogens with two attached hydrogens (primary N) is 1. The monoisotopic (exact) mass is 877 g/mol. The van der Waals surface area contributed by atoms with E-state index in [1.54, 1.807) is 42.5 Å². The van der Waals surface area contributed by atoms with Crippen LogP contribution in [0.5, 0.6) is 0 Å². The Labute approximate surface area is 363 Å². The van der Waals surface area contributed by atoms with Gasteiger partial charge in [-0.1, -0.05) is 136 Å². The van der Waals surface area contributed by atoms with Gasteiger partial charge < -0.3 is 40.5 Å². The number of rotatable bonds is 37. The zero-order chi connectivity index (χ0) is 45.4. The van der Waals surface area contributed by atoms with E-state index in [-0.39, 0.29) is 25.7 Å². The molecule has 0 fully saturated rings. The van der Waals surface area contributed by atoms with Gasteiger partial charge in [0.05, 0.1) is 31.5 Å². The summed E-state index contributed by atoms with van der Waals surface area (Å²) in [7, 11) is -4.82. The van der Waals surface area contributed by atoms with E-state index in [4.69, 9.17) is 24.8 Å². The number of phosphoric ester groups is 1. The zero-order valence-corrected chi connectivity index (χ0v) is 36.9. The van der Waals surface area contributed by atoms with E-state index in [1.165, 1.54) is 25.3 Å². The van der Waals surface area contributed by atoms with Crippen LogP contribution >= 0.6 is 7.82 Å². The predicted molar refractivity (Wildman–Crippen MR) is 239 cm³/mol. The van der Waals surface area contributed by atoms with Crippen LogP contribution in [-0.4, -0.2) is 93.5 Å². The molecular weight excluding hydrogens is 805 g/mol. The summed E-state index contributed by atoms with van der Waals surface area (Å²) in [4.78, 5) is 46.0. The molecule has 7 N–H and O–H groups in total. The van der Waals surface area contributed by atoms with E-state index in [1.807, 2.05) is 31.2 Å². The standard InChI is InChI=1S/C46H72NO13P/c1-3-5-7-8-9-10-11-12-13-14-15-16-17-18-19-24-28-34-45(52)60-40(37-58-61(55,56)59-38-41(47)46(53)54)36-57-44(51)35-29-33-43(50)42(49)32-27-23-21-20-22-26-31-39(48)30-25-6-4-2/h6,9-10,12-13,15-16,18-23,25-27,31-32,39-43,48-50H,3-5,7-8,11,14,17,24,28-30,33-38,47H2,1-2H3,(H,53,54)(H,55,56)/b10-9-,13-12-,16-15-,19-18-,22-20+,23-21-,25-6-,31-26+,32-27-/t39-,40-,41+,42+,43+/m1/s1. The van der Waals surface area contributed by atoms with Crippen molar-refractivity contribution in [2.75, 3.05) is 19.8 Å². The molecule has 0 aliphatic rings. The van der Waals surface area contributed by atoms with E-state index in [0.29, 0.717) is 19.3 Å². The molecule has 0 heterocycles. The number of carbonyl (C=O) groups excluding carboxylic acids is 2. The summed E-state index contributed by atoms with van der Waals surface area (Å²) in [6, 6.07) is -1.59. The van der Waals surface area contributed by atoms with Gasteiger partial charge in [0.2, 0.25) is 0 Å². The fraction of sp³-hybridized carbons (Fsp3) is 0.543. The maximum absolute atomic E-state index is 12.6. The Hall–Kier alpha value is -3.98. The van der Waals surface area contributed by atoms with Gasteiger partial charge in [-0.15, -0.1) is 0 Å². The first-order chi connectivity index (χ1) is 29.3. The lowest BCUT2D eigenvalue weighted by atomic mass is 10.1. The van der Waals surface area contributed by atoms with Crippen molar-refractivity contribution in [3.05, 3.63) is 109 Å². The Morgan fingerprint density at radius 2 is 1.21 bits per heavy atom.